The van der Waals surface area contributed by atoms with Crippen molar-refractivity contribution >= 4 is 23.7 Å². The van der Waals surface area contributed by atoms with Crippen molar-refractivity contribution in [2.45, 2.75) is 6.61 Å². The number of nitrogens with zero attached hydrogens (tertiary/aromatic N) is 1. The molecule has 3 rings (SSSR count). The van der Waals surface area contributed by atoms with Crippen LogP contribution in [0.25, 0.3) is 0 Å². The Hall–Kier alpha value is -3.51. The summed E-state index contributed by atoms with van der Waals surface area (Å²) >= 11 is 5.85. The second-order valence-electron chi connectivity index (χ2n) is 6.06. The van der Waals surface area contributed by atoms with Crippen LogP contribution in [0, 0.1) is 0 Å². The maximum atomic E-state index is 12.2. The quantitative estimate of drug-likeness (QED) is 0.447. The van der Waals surface area contributed by atoms with Crippen molar-refractivity contribution in [2.75, 3.05) is 7.11 Å². The minimum absolute atomic E-state index is 0.0360. The maximum Gasteiger partial charge on any atom is 0.271 e. The highest BCUT2D eigenvalue weighted by molar-refractivity contribution is 6.30. The number of phenols is 1. The molecular formula is C22H19ClN2O4. The van der Waals surface area contributed by atoms with Gasteiger partial charge in [0.1, 0.15) is 23.9 Å². The number of rotatable bonds is 7. The fourth-order valence-electron chi connectivity index (χ4n) is 2.44. The van der Waals surface area contributed by atoms with Crippen molar-refractivity contribution in [1.29, 1.82) is 0 Å². The normalized spacial score (nSPS) is 10.7. The van der Waals surface area contributed by atoms with Gasteiger partial charge in [-0.2, -0.15) is 5.10 Å². The molecule has 6 nitrogen and oxygen atoms in total. The molecule has 148 valence electrons. The lowest BCUT2D eigenvalue weighted by molar-refractivity contribution is 0.0955. The number of phenolic OH excluding ortho intramolecular Hbond substituents is 1. The first-order valence-electron chi connectivity index (χ1n) is 8.73. The van der Waals surface area contributed by atoms with Gasteiger partial charge >= 0.3 is 0 Å². The van der Waals surface area contributed by atoms with E-state index in [-0.39, 0.29) is 11.7 Å². The number of hydrogen-bond donors (Lipinski definition) is 2. The standard InChI is InChI=1S/C22H19ClN2O4/c1-28-20-10-11-21(26)17(12-20)13-24-25-22(27)16-4-2-15(3-5-16)14-29-19-8-6-18(23)7-9-19/h2-13,26H,14H2,1H3,(H,25,27)/b24-13+. The zero-order valence-corrected chi connectivity index (χ0v) is 16.4. The van der Waals surface area contributed by atoms with Crippen LogP contribution in [-0.2, 0) is 6.61 Å². The Labute approximate surface area is 173 Å². The van der Waals surface area contributed by atoms with Crippen LogP contribution in [0.15, 0.2) is 71.8 Å². The van der Waals surface area contributed by atoms with Crippen LogP contribution >= 0.6 is 11.6 Å². The molecule has 29 heavy (non-hydrogen) atoms. The average molecular weight is 411 g/mol. The molecule has 0 radical (unpaired) electrons. The number of hydrazone groups is 1. The second kappa shape index (κ2) is 9.61. The number of amides is 1. The van der Waals surface area contributed by atoms with Crippen molar-refractivity contribution in [3.8, 4) is 17.2 Å². The van der Waals surface area contributed by atoms with Crippen LogP contribution in [0.1, 0.15) is 21.5 Å². The van der Waals surface area contributed by atoms with Crippen molar-refractivity contribution in [2.24, 2.45) is 5.10 Å². The highest BCUT2D eigenvalue weighted by Crippen LogP contribution is 2.21. The van der Waals surface area contributed by atoms with Crippen LogP contribution in [0.4, 0.5) is 0 Å². The summed E-state index contributed by atoms with van der Waals surface area (Å²) in [7, 11) is 1.53. The number of halogens is 1. The smallest absolute Gasteiger partial charge is 0.271 e. The fourth-order valence-corrected chi connectivity index (χ4v) is 2.56. The van der Waals surface area contributed by atoms with Crippen molar-refractivity contribution in [3.05, 3.63) is 88.4 Å². The van der Waals surface area contributed by atoms with Crippen molar-refractivity contribution in [1.82, 2.24) is 5.43 Å². The van der Waals surface area contributed by atoms with Gasteiger partial charge in [-0.15, -0.1) is 0 Å². The highest BCUT2D eigenvalue weighted by atomic mass is 35.5. The third-order valence-electron chi connectivity index (χ3n) is 4.04. The lowest BCUT2D eigenvalue weighted by atomic mass is 10.1. The SMILES string of the molecule is COc1ccc(O)c(/C=N/NC(=O)c2ccc(COc3ccc(Cl)cc3)cc2)c1. The molecule has 0 aliphatic rings. The number of aromatic hydroxyl groups is 1. The lowest BCUT2D eigenvalue weighted by Gasteiger charge is -2.07. The molecule has 0 spiro atoms. The first-order chi connectivity index (χ1) is 14.0. The zero-order valence-electron chi connectivity index (χ0n) is 15.6. The third kappa shape index (κ3) is 5.73. The van der Waals surface area contributed by atoms with Crippen LogP contribution < -0.4 is 14.9 Å². The number of methoxy groups -OCH3 is 1. The highest BCUT2D eigenvalue weighted by Gasteiger charge is 2.05. The van der Waals surface area contributed by atoms with Gasteiger partial charge < -0.3 is 14.6 Å². The molecule has 3 aromatic rings. The van der Waals surface area contributed by atoms with Crippen molar-refractivity contribution < 1.29 is 19.4 Å². The van der Waals surface area contributed by atoms with Crippen LogP contribution in [0.2, 0.25) is 5.02 Å². The number of hydrogen-bond acceptors (Lipinski definition) is 5. The van der Waals surface area contributed by atoms with Gasteiger partial charge in [0.05, 0.1) is 13.3 Å². The van der Waals surface area contributed by atoms with E-state index in [1.54, 1.807) is 48.5 Å². The third-order valence-corrected chi connectivity index (χ3v) is 4.29. The van der Waals surface area contributed by atoms with Crippen LogP contribution in [0.5, 0.6) is 17.2 Å². The number of benzene rings is 3. The minimum Gasteiger partial charge on any atom is -0.507 e. The summed E-state index contributed by atoms with van der Waals surface area (Å²) < 4.78 is 10.8. The fraction of sp³-hybridized carbons (Fsp3) is 0.0909. The molecule has 0 aliphatic carbocycles. The van der Waals surface area contributed by atoms with E-state index in [9.17, 15) is 9.90 Å². The molecule has 0 aromatic heterocycles. The molecular weight excluding hydrogens is 392 g/mol. The summed E-state index contributed by atoms with van der Waals surface area (Å²) in [5.41, 5.74) is 4.23. The largest absolute Gasteiger partial charge is 0.507 e. The maximum absolute atomic E-state index is 12.2. The predicted octanol–water partition coefficient (Wildman–Crippen LogP) is 4.40. The van der Waals surface area contributed by atoms with E-state index in [1.165, 1.54) is 19.4 Å². The Morgan fingerprint density at radius 1 is 1.07 bits per heavy atom. The number of nitrogens with one attached hydrogen (secondary N) is 1. The molecule has 2 N–H and O–H groups in total. The molecule has 0 heterocycles. The Balaban J connectivity index is 1.55. The monoisotopic (exact) mass is 410 g/mol. The summed E-state index contributed by atoms with van der Waals surface area (Å²) in [5.74, 6) is 0.959. The molecule has 3 aromatic carbocycles. The van der Waals surface area contributed by atoms with E-state index in [0.29, 0.717) is 34.3 Å². The summed E-state index contributed by atoms with van der Waals surface area (Å²) in [6.45, 7) is 0.372. The topological polar surface area (TPSA) is 80.2 Å². The first kappa shape index (κ1) is 20.2. The number of carbonyl (C=O) groups is 1. The summed E-state index contributed by atoms with van der Waals surface area (Å²) in [6.07, 6.45) is 1.35. The van der Waals surface area contributed by atoms with Gasteiger partial charge in [-0.1, -0.05) is 23.7 Å². The molecule has 0 atom stereocenters. The van der Waals surface area contributed by atoms with E-state index >= 15 is 0 Å². The second-order valence-corrected chi connectivity index (χ2v) is 6.50. The average Bonchev–Trinajstić information content (AvgIpc) is 2.75. The van der Waals surface area contributed by atoms with E-state index in [1.807, 2.05) is 12.1 Å². The molecule has 1 amide bonds. The van der Waals surface area contributed by atoms with Crippen molar-refractivity contribution in [3.63, 3.8) is 0 Å². The van der Waals surface area contributed by atoms with E-state index in [4.69, 9.17) is 21.1 Å². The number of ether oxygens (including phenoxy) is 2. The minimum atomic E-state index is -0.367. The predicted molar refractivity (Wildman–Crippen MR) is 112 cm³/mol. The Morgan fingerprint density at radius 2 is 1.76 bits per heavy atom. The van der Waals surface area contributed by atoms with Crippen LogP contribution in [0.3, 0.4) is 0 Å². The molecule has 0 saturated heterocycles. The first-order valence-corrected chi connectivity index (χ1v) is 9.10. The van der Waals surface area contributed by atoms with Crippen LogP contribution in [-0.4, -0.2) is 24.3 Å². The molecule has 0 aliphatic heterocycles. The van der Waals surface area contributed by atoms with Gasteiger partial charge in [-0.05, 0) is 60.2 Å². The molecule has 0 saturated carbocycles. The van der Waals surface area contributed by atoms with E-state index in [2.05, 4.69) is 10.5 Å². The van der Waals surface area contributed by atoms with Gasteiger partial charge in [0.25, 0.3) is 5.91 Å². The Kier molecular flexibility index (Phi) is 6.71. The molecule has 0 fully saturated rings. The van der Waals surface area contributed by atoms with E-state index < -0.39 is 0 Å². The summed E-state index contributed by atoms with van der Waals surface area (Å²) in [5, 5.41) is 14.3. The van der Waals surface area contributed by atoms with Gasteiger partial charge in [0.2, 0.25) is 0 Å². The van der Waals surface area contributed by atoms with Gasteiger partial charge in [0, 0.05) is 16.1 Å². The van der Waals surface area contributed by atoms with Gasteiger partial charge in [-0.25, -0.2) is 5.43 Å². The van der Waals surface area contributed by atoms with Gasteiger partial charge in [0.15, 0.2) is 0 Å². The van der Waals surface area contributed by atoms with Gasteiger partial charge in [-0.3, -0.25) is 4.79 Å². The molecule has 0 bridgehead atoms. The van der Waals surface area contributed by atoms with E-state index in [0.717, 1.165) is 5.56 Å². The summed E-state index contributed by atoms with van der Waals surface area (Å²) in [6, 6.07) is 18.8. The molecule has 0 unspecified atom stereocenters. The molecule has 7 heteroatoms. The Morgan fingerprint density at radius 3 is 2.45 bits per heavy atom. The Bertz CT molecular complexity index is 1000. The summed E-state index contributed by atoms with van der Waals surface area (Å²) in [4.78, 5) is 12.2. The lowest BCUT2D eigenvalue weighted by Crippen LogP contribution is -2.17. The number of carbonyl (C=O) groups excluding carboxylic acids is 1. The zero-order chi connectivity index (χ0) is 20.6.